The van der Waals surface area contributed by atoms with Gasteiger partial charge >= 0.3 is 0 Å². The fraction of sp³-hybridized carbons (Fsp3) is 0.933. The topological polar surface area (TPSA) is 42.8 Å². The van der Waals surface area contributed by atoms with Crippen LogP contribution >= 0.6 is 8.88 Å². The molecule has 1 atom stereocenters. The van der Waals surface area contributed by atoms with Gasteiger partial charge in [0, 0.05) is 33.0 Å². The van der Waals surface area contributed by atoms with Crippen LogP contribution in [0.2, 0.25) is 0 Å². The Morgan fingerprint density at radius 2 is 1.20 bits per heavy atom. The largest absolute Gasteiger partial charge is 0.357 e. The molecule has 0 saturated carbocycles. The Labute approximate surface area is 127 Å². The standard InChI is InChI=1S/C12H29N2P.C3H3NO/c1-9(2)13(10(3)4)15-14(11(5)6)12(7)8;4-1-3-2-5-3/h9-12,15H,1-8H3;3H,2H2. The molecule has 1 unspecified atom stereocenters. The summed E-state index contributed by atoms with van der Waals surface area (Å²) in [6, 6.07) is 4.43. The van der Waals surface area contributed by atoms with E-state index in [4.69, 9.17) is 5.26 Å². The third kappa shape index (κ3) is 8.17. The van der Waals surface area contributed by atoms with Crippen molar-refractivity contribution >= 4 is 8.88 Å². The highest BCUT2D eigenvalue weighted by atomic mass is 31.1. The van der Waals surface area contributed by atoms with Gasteiger partial charge in [-0.2, -0.15) is 5.26 Å². The molecule has 1 heterocycles. The molecule has 0 aliphatic carbocycles. The zero-order valence-electron chi connectivity index (χ0n) is 14.3. The van der Waals surface area contributed by atoms with E-state index in [-0.39, 0.29) is 6.10 Å². The lowest BCUT2D eigenvalue weighted by Crippen LogP contribution is -2.38. The van der Waals surface area contributed by atoms with Crippen molar-refractivity contribution in [1.82, 2.24) is 9.34 Å². The maximum Gasteiger partial charge on any atom is 0.167 e. The molecule has 5 heteroatoms. The molecule has 1 fully saturated rings. The summed E-state index contributed by atoms with van der Waals surface area (Å²) in [4.78, 5) is 0. The Balaban J connectivity index is 0.000000595. The molecular formula is C15H32N3OP. The number of nitriles is 1. The van der Waals surface area contributed by atoms with Crippen molar-refractivity contribution in [3.63, 3.8) is 0 Å². The van der Waals surface area contributed by atoms with Crippen molar-refractivity contribution in [2.24, 2.45) is 0 Å². The van der Waals surface area contributed by atoms with Crippen LogP contribution in [0.4, 0.5) is 0 Å². The first-order chi connectivity index (χ1) is 9.20. The highest BCUT2D eigenvalue weighted by molar-refractivity contribution is 7.32. The maximum atomic E-state index is 7.83. The minimum absolute atomic E-state index is 0.0602. The van der Waals surface area contributed by atoms with E-state index in [1.54, 1.807) is 0 Å². The van der Waals surface area contributed by atoms with Crippen molar-refractivity contribution in [2.45, 2.75) is 85.7 Å². The predicted octanol–water partition coefficient (Wildman–Crippen LogP) is 3.64. The van der Waals surface area contributed by atoms with Crippen LogP contribution in [-0.2, 0) is 4.74 Å². The molecule has 118 valence electrons. The second-order valence-electron chi connectivity index (χ2n) is 6.24. The van der Waals surface area contributed by atoms with Gasteiger partial charge in [-0.1, -0.05) is 0 Å². The van der Waals surface area contributed by atoms with Gasteiger partial charge in [-0.3, -0.25) is 9.34 Å². The van der Waals surface area contributed by atoms with Crippen LogP contribution in [-0.4, -0.2) is 46.2 Å². The minimum atomic E-state index is -0.0602. The zero-order valence-corrected chi connectivity index (χ0v) is 15.3. The minimum Gasteiger partial charge on any atom is -0.357 e. The van der Waals surface area contributed by atoms with Crippen molar-refractivity contribution in [2.75, 3.05) is 6.61 Å². The molecule has 0 radical (unpaired) electrons. The van der Waals surface area contributed by atoms with Crippen LogP contribution in [0.5, 0.6) is 0 Å². The molecule has 0 bridgehead atoms. The monoisotopic (exact) mass is 301 g/mol. The lowest BCUT2D eigenvalue weighted by Gasteiger charge is -2.39. The van der Waals surface area contributed by atoms with E-state index in [0.717, 1.165) is 8.88 Å². The fourth-order valence-electron chi connectivity index (χ4n) is 1.91. The molecule has 1 saturated heterocycles. The highest BCUT2D eigenvalue weighted by Crippen LogP contribution is 2.32. The number of nitrogens with zero attached hydrogens (tertiary/aromatic N) is 3. The van der Waals surface area contributed by atoms with E-state index in [0.29, 0.717) is 30.8 Å². The number of epoxide rings is 1. The van der Waals surface area contributed by atoms with Crippen LogP contribution in [0.25, 0.3) is 0 Å². The number of hydrogen-bond acceptors (Lipinski definition) is 4. The van der Waals surface area contributed by atoms with Gasteiger partial charge in [0.1, 0.15) is 0 Å². The molecule has 0 aromatic carbocycles. The van der Waals surface area contributed by atoms with Crippen LogP contribution in [0.15, 0.2) is 0 Å². The number of hydrogen-bond donors (Lipinski definition) is 0. The van der Waals surface area contributed by atoms with E-state index < -0.39 is 0 Å². The van der Waals surface area contributed by atoms with Gasteiger partial charge in [0.2, 0.25) is 0 Å². The van der Waals surface area contributed by atoms with E-state index >= 15 is 0 Å². The molecular weight excluding hydrogens is 269 g/mol. The van der Waals surface area contributed by atoms with Crippen molar-refractivity contribution in [3.8, 4) is 6.07 Å². The number of ether oxygens (including phenoxy) is 1. The molecule has 0 N–H and O–H groups in total. The molecule has 20 heavy (non-hydrogen) atoms. The second kappa shape index (κ2) is 9.68. The maximum absolute atomic E-state index is 7.83. The Bertz CT molecular complexity index is 262. The molecule has 1 aliphatic heterocycles. The van der Waals surface area contributed by atoms with Gasteiger partial charge in [0.25, 0.3) is 0 Å². The summed E-state index contributed by atoms with van der Waals surface area (Å²) < 4.78 is 9.64. The second-order valence-corrected chi connectivity index (χ2v) is 7.47. The van der Waals surface area contributed by atoms with Crippen molar-refractivity contribution in [1.29, 1.82) is 5.26 Å². The summed E-state index contributed by atoms with van der Waals surface area (Å²) in [5.74, 6) is 0. The average Bonchev–Trinajstić information content (AvgIpc) is 3.11. The molecule has 0 amide bonds. The SMILES string of the molecule is CC(C)N(PN(C(C)C)C(C)C)C(C)C.N#CC1CO1. The van der Waals surface area contributed by atoms with Crippen molar-refractivity contribution < 1.29 is 4.74 Å². The summed E-state index contributed by atoms with van der Waals surface area (Å²) in [5, 5.41) is 7.83. The van der Waals surface area contributed by atoms with Crippen LogP contribution in [0, 0.1) is 11.3 Å². The predicted molar refractivity (Wildman–Crippen MR) is 87.9 cm³/mol. The summed E-state index contributed by atoms with van der Waals surface area (Å²) in [7, 11) is 0.802. The molecule has 1 aliphatic rings. The van der Waals surface area contributed by atoms with Gasteiger partial charge < -0.3 is 4.74 Å². The normalized spacial score (nSPS) is 17.9. The zero-order chi connectivity index (χ0) is 15.9. The lowest BCUT2D eigenvalue weighted by atomic mass is 10.3. The first-order valence-corrected chi connectivity index (χ1v) is 8.44. The Hall–Kier alpha value is -0.200. The third-order valence-corrected chi connectivity index (χ3v) is 5.46. The average molecular weight is 301 g/mol. The summed E-state index contributed by atoms with van der Waals surface area (Å²) in [5.41, 5.74) is 0. The van der Waals surface area contributed by atoms with Gasteiger partial charge in [-0.15, -0.1) is 0 Å². The van der Waals surface area contributed by atoms with Gasteiger partial charge in [-0.05, 0) is 55.4 Å². The van der Waals surface area contributed by atoms with Gasteiger partial charge in [-0.25, -0.2) is 0 Å². The van der Waals surface area contributed by atoms with Crippen molar-refractivity contribution in [3.05, 3.63) is 0 Å². The van der Waals surface area contributed by atoms with Gasteiger partial charge in [0.15, 0.2) is 6.10 Å². The summed E-state index contributed by atoms with van der Waals surface area (Å²) >= 11 is 0. The van der Waals surface area contributed by atoms with E-state index in [9.17, 15) is 0 Å². The van der Waals surface area contributed by atoms with Crippen LogP contribution < -0.4 is 0 Å². The van der Waals surface area contributed by atoms with Crippen LogP contribution in [0.3, 0.4) is 0 Å². The fourth-order valence-corrected chi connectivity index (χ4v) is 3.10. The van der Waals surface area contributed by atoms with E-state index in [1.807, 2.05) is 6.07 Å². The van der Waals surface area contributed by atoms with E-state index in [1.165, 1.54) is 0 Å². The quantitative estimate of drug-likeness (QED) is 0.555. The first-order valence-electron chi connectivity index (χ1n) is 7.54. The number of rotatable bonds is 6. The lowest BCUT2D eigenvalue weighted by molar-refractivity contribution is 0.267. The highest BCUT2D eigenvalue weighted by Gasteiger charge is 2.21. The summed E-state index contributed by atoms with van der Waals surface area (Å²) in [6.07, 6.45) is -0.0602. The Morgan fingerprint density at radius 1 is 0.900 bits per heavy atom. The Morgan fingerprint density at radius 3 is 1.30 bits per heavy atom. The van der Waals surface area contributed by atoms with Crippen LogP contribution in [0.1, 0.15) is 55.4 Å². The van der Waals surface area contributed by atoms with Gasteiger partial charge in [0.05, 0.1) is 12.7 Å². The summed E-state index contributed by atoms with van der Waals surface area (Å²) in [6.45, 7) is 18.9. The molecule has 1 rings (SSSR count). The molecule has 4 nitrogen and oxygen atoms in total. The van der Waals surface area contributed by atoms with E-state index in [2.05, 4.69) is 69.5 Å². The molecule has 0 aromatic heterocycles. The first kappa shape index (κ1) is 19.8. The smallest absolute Gasteiger partial charge is 0.167 e. The Kier molecular flexibility index (Phi) is 9.59. The molecule has 0 spiro atoms. The molecule has 0 aromatic rings. The third-order valence-electron chi connectivity index (χ3n) is 2.93.